The van der Waals surface area contributed by atoms with Crippen LogP contribution in [0.25, 0.3) is 0 Å². The highest BCUT2D eigenvalue weighted by Crippen LogP contribution is 2.20. The Hall–Kier alpha value is -0.650. The van der Waals surface area contributed by atoms with Gasteiger partial charge in [-0.05, 0) is 38.1 Å². The molecule has 0 bridgehead atoms. The molecule has 0 radical (unpaired) electrons. The van der Waals surface area contributed by atoms with Crippen molar-refractivity contribution in [3.05, 3.63) is 0 Å². The van der Waals surface area contributed by atoms with Crippen LogP contribution in [0.5, 0.6) is 0 Å². The van der Waals surface area contributed by atoms with Gasteiger partial charge in [0.1, 0.15) is 0 Å². The van der Waals surface area contributed by atoms with Gasteiger partial charge in [0.25, 0.3) is 0 Å². The van der Waals surface area contributed by atoms with E-state index in [0.29, 0.717) is 18.5 Å². The number of piperidine rings is 1. The van der Waals surface area contributed by atoms with Crippen LogP contribution in [0, 0.1) is 11.8 Å². The summed E-state index contributed by atoms with van der Waals surface area (Å²) >= 11 is 0. The molecule has 0 saturated carbocycles. The maximum atomic E-state index is 11.4. The van der Waals surface area contributed by atoms with Gasteiger partial charge >= 0.3 is 5.97 Å². The van der Waals surface area contributed by atoms with Crippen molar-refractivity contribution >= 4 is 5.97 Å². The predicted molar refractivity (Wildman–Crippen MR) is 79.5 cm³/mol. The van der Waals surface area contributed by atoms with Crippen LogP contribution in [0.1, 0.15) is 33.6 Å². The number of hydrogen-bond acceptors (Lipinski definition) is 5. The van der Waals surface area contributed by atoms with Crippen LogP contribution in [0.2, 0.25) is 0 Å². The third-order valence-corrected chi connectivity index (χ3v) is 3.98. The third kappa shape index (κ3) is 6.20. The monoisotopic (exact) mass is 286 g/mol. The highest BCUT2D eigenvalue weighted by atomic mass is 16.5. The van der Waals surface area contributed by atoms with Crippen LogP contribution in [0.4, 0.5) is 0 Å². The first-order valence-corrected chi connectivity index (χ1v) is 7.63. The average molecular weight is 286 g/mol. The molecule has 0 spiro atoms. The lowest BCUT2D eigenvalue weighted by Gasteiger charge is -2.39. The molecule has 1 aliphatic rings. The third-order valence-electron chi connectivity index (χ3n) is 3.98. The minimum Gasteiger partial charge on any atom is -0.468 e. The van der Waals surface area contributed by atoms with Crippen molar-refractivity contribution in [1.82, 2.24) is 10.2 Å². The lowest BCUT2D eigenvalue weighted by Crippen LogP contribution is -2.52. The average Bonchev–Trinajstić information content (AvgIpc) is 2.37. The van der Waals surface area contributed by atoms with Gasteiger partial charge in [-0.3, -0.25) is 9.69 Å². The summed E-state index contributed by atoms with van der Waals surface area (Å²) in [5, 5.41) is 13.4. The largest absolute Gasteiger partial charge is 0.468 e. The first kappa shape index (κ1) is 17.4. The Morgan fingerprint density at radius 1 is 1.40 bits per heavy atom. The van der Waals surface area contributed by atoms with Crippen molar-refractivity contribution in [2.75, 3.05) is 33.3 Å². The zero-order valence-electron chi connectivity index (χ0n) is 13.3. The number of nitrogens with one attached hydrogen (secondary N) is 1. The second-order valence-electron chi connectivity index (χ2n) is 6.34. The number of carbonyl (C=O) groups excluding carboxylic acids is 1. The van der Waals surface area contributed by atoms with Crippen LogP contribution >= 0.6 is 0 Å². The smallest absolute Gasteiger partial charge is 0.319 e. The van der Waals surface area contributed by atoms with E-state index in [2.05, 4.69) is 24.1 Å². The zero-order chi connectivity index (χ0) is 15.1. The summed E-state index contributed by atoms with van der Waals surface area (Å²) in [5.41, 5.74) is 0. The lowest BCUT2D eigenvalue weighted by molar-refractivity contribution is -0.142. The number of likely N-dealkylation sites (tertiary alicyclic amines) is 1. The summed E-state index contributed by atoms with van der Waals surface area (Å²) in [6, 6.07) is 0.340. The number of carbonyl (C=O) groups is 1. The van der Waals surface area contributed by atoms with E-state index in [9.17, 15) is 9.90 Å². The summed E-state index contributed by atoms with van der Waals surface area (Å²) in [6.07, 6.45) is 1.77. The first-order valence-electron chi connectivity index (χ1n) is 7.63. The Morgan fingerprint density at radius 2 is 2.10 bits per heavy atom. The van der Waals surface area contributed by atoms with Gasteiger partial charge in [-0.1, -0.05) is 13.8 Å². The quantitative estimate of drug-likeness (QED) is 0.680. The summed E-state index contributed by atoms with van der Waals surface area (Å²) in [7, 11) is 1.41. The van der Waals surface area contributed by atoms with E-state index in [1.54, 1.807) is 0 Å². The van der Waals surface area contributed by atoms with Crippen LogP contribution < -0.4 is 5.32 Å². The number of aliphatic hydroxyl groups is 1. The Morgan fingerprint density at radius 3 is 2.65 bits per heavy atom. The van der Waals surface area contributed by atoms with Crippen molar-refractivity contribution in [3.63, 3.8) is 0 Å². The molecule has 3 atom stereocenters. The van der Waals surface area contributed by atoms with Crippen LogP contribution in [0.15, 0.2) is 0 Å². The Kier molecular flexibility index (Phi) is 7.48. The van der Waals surface area contributed by atoms with Crippen molar-refractivity contribution in [2.24, 2.45) is 11.8 Å². The van der Waals surface area contributed by atoms with Crippen molar-refractivity contribution in [1.29, 1.82) is 0 Å². The van der Waals surface area contributed by atoms with E-state index >= 15 is 0 Å². The molecular formula is C15H30N2O3. The number of nitrogens with zero attached hydrogens (tertiary/aromatic N) is 1. The standard InChI is InChI=1S/C15H30N2O3/c1-11(2)5-6-16-14-7-13(12(3)18)8-17(9-14)10-15(19)20-4/h11-14,16,18H,5-10H2,1-4H3. The van der Waals surface area contributed by atoms with E-state index < -0.39 is 0 Å². The molecule has 0 aromatic heterocycles. The molecule has 5 heteroatoms. The van der Waals surface area contributed by atoms with Crippen molar-refractivity contribution in [2.45, 2.75) is 45.8 Å². The summed E-state index contributed by atoms with van der Waals surface area (Å²) in [4.78, 5) is 13.5. The van der Waals surface area contributed by atoms with Crippen LogP contribution in [0.3, 0.4) is 0 Å². The predicted octanol–water partition coefficient (Wildman–Crippen LogP) is 0.866. The summed E-state index contributed by atoms with van der Waals surface area (Å²) in [6.45, 7) is 9.15. The number of hydrogen-bond donors (Lipinski definition) is 2. The number of rotatable bonds is 7. The maximum absolute atomic E-state index is 11.4. The van der Waals surface area contributed by atoms with E-state index in [0.717, 1.165) is 32.5 Å². The molecule has 1 fully saturated rings. The van der Waals surface area contributed by atoms with Gasteiger partial charge in [-0.15, -0.1) is 0 Å². The molecule has 1 heterocycles. The van der Waals surface area contributed by atoms with Gasteiger partial charge in [-0.2, -0.15) is 0 Å². The molecule has 5 nitrogen and oxygen atoms in total. The molecule has 1 aliphatic heterocycles. The molecule has 118 valence electrons. The van der Waals surface area contributed by atoms with Gasteiger partial charge in [0.2, 0.25) is 0 Å². The van der Waals surface area contributed by atoms with Gasteiger partial charge in [-0.25, -0.2) is 0 Å². The van der Waals surface area contributed by atoms with Gasteiger partial charge < -0.3 is 15.2 Å². The van der Waals surface area contributed by atoms with Crippen LogP contribution in [-0.4, -0.2) is 61.4 Å². The Bertz CT molecular complexity index is 295. The lowest BCUT2D eigenvalue weighted by atomic mass is 9.90. The number of aliphatic hydroxyl groups excluding tert-OH is 1. The topological polar surface area (TPSA) is 61.8 Å². The summed E-state index contributed by atoms with van der Waals surface area (Å²) in [5.74, 6) is 0.687. The Labute approximate surface area is 122 Å². The second-order valence-corrected chi connectivity index (χ2v) is 6.34. The van der Waals surface area contributed by atoms with Crippen molar-refractivity contribution < 1.29 is 14.6 Å². The van der Waals surface area contributed by atoms with E-state index in [4.69, 9.17) is 4.74 Å². The van der Waals surface area contributed by atoms with Gasteiger partial charge in [0.05, 0.1) is 19.8 Å². The number of esters is 1. The molecule has 2 N–H and O–H groups in total. The normalized spacial score (nSPS) is 25.7. The highest BCUT2D eigenvalue weighted by molar-refractivity contribution is 5.71. The van der Waals surface area contributed by atoms with Crippen molar-refractivity contribution in [3.8, 4) is 0 Å². The molecule has 3 unspecified atom stereocenters. The fraction of sp³-hybridized carbons (Fsp3) is 0.933. The Balaban J connectivity index is 2.49. The number of methoxy groups -OCH3 is 1. The zero-order valence-corrected chi connectivity index (χ0v) is 13.3. The SMILES string of the molecule is COC(=O)CN1CC(NCCC(C)C)CC(C(C)O)C1. The molecule has 1 rings (SSSR count). The summed E-state index contributed by atoms with van der Waals surface area (Å²) < 4.78 is 4.73. The van der Waals surface area contributed by atoms with Gasteiger partial charge in [0.15, 0.2) is 0 Å². The molecule has 20 heavy (non-hydrogen) atoms. The molecular weight excluding hydrogens is 256 g/mol. The van der Waals surface area contributed by atoms with Gasteiger partial charge in [0, 0.05) is 19.1 Å². The fourth-order valence-electron chi connectivity index (χ4n) is 2.68. The van der Waals surface area contributed by atoms with E-state index in [-0.39, 0.29) is 18.0 Å². The fourth-order valence-corrected chi connectivity index (χ4v) is 2.68. The second kappa shape index (κ2) is 8.60. The maximum Gasteiger partial charge on any atom is 0.319 e. The minimum absolute atomic E-state index is 0.211. The molecule has 0 aromatic rings. The van der Waals surface area contributed by atoms with Crippen LogP contribution in [-0.2, 0) is 9.53 Å². The van der Waals surface area contributed by atoms with E-state index in [1.165, 1.54) is 7.11 Å². The minimum atomic E-state index is -0.343. The van der Waals surface area contributed by atoms with E-state index in [1.807, 2.05) is 6.92 Å². The number of ether oxygens (including phenoxy) is 1. The molecule has 0 aliphatic carbocycles. The molecule has 1 saturated heterocycles. The molecule has 0 aromatic carbocycles. The first-order chi connectivity index (χ1) is 9.42. The molecule has 0 amide bonds. The highest BCUT2D eigenvalue weighted by Gasteiger charge is 2.30.